The molecule has 0 saturated carbocycles. The molecule has 0 aliphatic carbocycles. The second kappa shape index (κ2) is 5.65. The average Bonchev–Trinajstić information content (AvgIpc) is 2.17. The predicted octanol–water partition coefficient (Wildman–Crippen LogP) is 3.34. The van der Waals surface area contributed by atoms with Gasteiger partial charge in [-0.05, 0) is 24.6 Å². The molecule has 13 heavy (non-hydrogen) atoms. The third-order valence-electron chi connectivity index (χ3n) is 1.59. The summed E-state index contributed by atoms with van der Waals surface area (Å²) in [5.74, 6) is 1.46. The molecule has 0 bridgehead atoms. The number of benzene rings is 1. The normalized spacial score (nSPS) is 10.6. The van der Waals surface area contributed by atoms with Gasteiger partial charge in [0.15, 0.2) is 0 Å². The maximum atomic E-state index is 5.52. The Bertz CT molecular complexity index is 264. The van der Waals surface area contributed by atoms with E-state index in [1.54, 1.807) is 0 Å². The summed E-state index contributed by atoms with van der Waals surface area (Å²) in [5.41, 5.74) is 1.14. The fourth-order valence-electron chi connectivity index (χ4n) is 1.02. The Morgan fingerprint density at radius 1 is 1.31 bits per heavy atom. The lowest BCUT2D eigenvalue weighted by Gasteiger charge is -2.01. The van der Waals surface area contributed by atoms with E-state index in [1.165, 1.54) is 0 Å². The van der Waals surface area contributed by atoms with Crippen LogP contribution in [0, 0.1) is 0 Å². The highest BCUT2D eigenvalue weighted by Crippen LogP contribution is 2.12. The minimum atomic E-state index is 0.549. The lowest BCUT2D eigenvalue weighted by Crippen LogP contribution is -1.90. The SMILES string of the molecule is CCOc1ccc(C=CCCl)cc1. The summed E-state index contributed by atoms with van der Waals surface area (Å²) in [4.78, 5) is 0. The van der Waals surface area contributed by atoms with Crippen LogP contribution in [-0.2, 0) is 0 Å². The Morgan fingerprint density at radius 3 is 2.54 bits per heavy atom. The van der Waals surface area contributed by atoms with Gasteiger partial charge in [-0.15, -0.1) is 11.6 Å². The molecule has 2 heteroatoms. The van der Waals surface area contributed by atoms with Crippen LogP contribution in [0.5, 0.6) is 5.75 Å². The minimum absolute atomic E-state index is 0.549. The Morgan fingerprint density at radius 2 is 2.00 bits per heavy atom. The molecule has 0 amide bonds. The van der Waals surface area contributed by atoms with Crippen molar-refractivity contribution < 1.29 is 4.74 Å². The highest BCUT2D eigenvalue weighted by atomic mass is 35.5. The van der Waals surface area contributed by atoms with Gasteiger partial charge in [0.1, 0.15) is 5.75 Å². The van der Waals surface area contributed by atoms with Gasteiger partial charge in [0.2, 0.25) is 0 Å². The summed E-state index contributed by atoms with van der Waals surface area (Å²) in [6.45, 7) is 2.68. The Kier molecular flexibility index (Phi) is 4.41. The lowest BCUT2D eigenvalue weighted by atomic mass is 10.2. The van der Waals surface area contributed by atoms with Crippen LogP contribution < -0.4 is 4.74 Å². The molecule has 0 aromatic heterocycles. The molecule has 0 radical (unpaired) electrons. The summed E-state index contributed by atoms with van der Waals surface area (Å²) < 4.78 is 5.32. The van der Waals surface area contributed by atoms with Crippen molar-refractivity contribution in [3.63, 3.8) is 0 Å². The number of hydrogen-bond donors (Lipinski definition) is 0. The van der Waals surface area contributed by atoms with Crippen molar-refractivity contribution in [2.45, 2.75) is 6.92 Å². The Balaban J connectivity index is 2.64. The van der Waals surface area contributed by atoms with E-state index < -0.39 is 0 Å². The van der Waals surface area contributed by atoms with E-state index in [9.17, 15) is 0 Å². The first-order valence-electron chi connectivity index (χ1n) is 4.32. The number of alkyl halides is 1. The molecule has 1 nitrogen and oxygen atoms in total. The van der Waals surface area contributed by atoms with E-state index in [4.69, 9.17) is 16.3 Å². The summed E-state index contributed by atoms with van der Waals surface area (Å²) >= 11 is 5.52. The lowest BCUT2D eigenvalue weighted by molar-refractivity contribution is 0.340. The summed E-state index contributed by atoms with van der Waals surface area (Å²) in [6, 6.07) is 7.93. The number of ether oxygens (including phenoxy) is 1. The van der Waals surface area contributed by atoms with Gasteiger partial charge in [0, 0.05) is 5.88 Å². The topological polar surface area (TPSA) is 9.23 Å². The van der Waals surface area contributed by atoms with Crippen molar-refractivity contribution in [1.29, 1.82) is 0 Å². The fraction of sp³-hybridized carbons (Fsp3) is 0.273. The third-order valence-corrected chi connectivity index (χ3v) is 1.77. The highest BCUT2D eigenvalue weighted by Gasteiger charge is 1.90. The van der Waals surface area contributed by atoms with Gasteiger partial charge in [0.25, 0.3) is 0 Å². The molecule has 0 fully saturated rings. The van der Waals surface area contributed by atoms with Crippen LogP contribution in [0.25, 0.3) is 6.08 Å². The molecule has 0 saturated heterocycles. The van der Waals surface area contributed by atoms with Gasteiger partial charge in [-0.3, -0.25) is 0 Å². The highest BCUT2D eigenvalue weighted by molar-refractivity contribution is 6.19. The van der Waals surface area contributed by atoms with Crippen LogP contribution in [0.1, 0.15) is 12.5 Å². The van der Waals surface area contributed by atoms with E-state index in [2.05, 4.69) is 0 Å². The average molecular weight is 197 g/mol. The van der Waals surface area contributed by atoms with Crippen LogP contribution in [0.3, 0.4) is 0 Å². The van der Waals surface area contributed by atoms with E-state index in [0.717, 1.165) is 11.3 Å². The predicted molar refractivity (Wildman–Crippen MR) is 57.4 cm³/mol. The Labute approximate surface area is 84.0 Å². The third kappa shape index (κ3) is 3.51. The first-order valence-corrected chi connectivity index (χ1v) is 4.85. The summed E-state index contributed by atoms with van der Waals surface area (Å²) in [6.07, 6.45) is 3.90. The second-order valence-electron chi connectivity index (χ2n) is 2.56. The van der Waals surface area contributed by atoms with Gasteiger partial charge >= 0.3 is 0 Å². The molecule has 0 heterocycles. The van der Waals surface area contributed by atoms with Crippen molar-refractivity contribution in [2.75, 3.05) is 12.5 Å². The van der Waals surface area contributed by atoms with Crippen molar-refractivity contribution in [2.24, 2.45) is 0 Å². The van der Waals surface area contributed by atoms with E-state index in [1.807, 2.05) is 43.3 Å². The molecule has 0 aliphatic rings. The van der Waals surface area contributed by atoms with Crippen LogP contribution in [0.15, 0.2) is 30.3 Å². The molecule has 0 N–H and O–H groups in total. The molecule has 0 atom stereocenters. The molecular formula is C11H13ClO. The summed E-state index contributed by atoms with van der Waals surface area (Å²) in [7, 11) is 0. The maximum absolute atomic E-state index is 5.52. The zero-order valence-corrected chi connectivity index (χ0v) is 8.42. The first-order chi connectivity index (χ1) is 6.36. The minimum Gasteiger partial charge on any atom is -0.494 e. The van der Waals surface area contributed by atoms with Crippen LogP contribution in [0.4, 0.5) is 0 Å². The number of rotatable bonds is 4. The molecular weight excluding hydrogens is 184 g/mol. The van der Waals surface area contributed by atoms with Gasteiger partial charge in [-0.1, -0.05) is 24.3 Å². The Hall–Kier alpha value is -0.950. The number of hydrogen-bond acceptors (Lipinski definition) is 1. The monoisotopic (exact) mass is 196 g/mol. The zero-order chi connectivity index (χ0) is 9.52. The van der Waals surface area contributed by atoms with Crippen molar-refractivity contribution in [3.8, 4) is 5.75 Å². The second-order valence-corrected chi connectivity index (χ2v) is 2.87. The van der Waals surface area contributed by atoms with E-state index in [-0.39, 0.29) is 0 Å². The van der Waals surface area contributed by atoms with Gasteiger partial charge in [-0.2, -0.15) is 0 Å². The van der Waals surface area contributed by atoms with E-state index >= 15 is 0 Å². The van der Waals surface area contributed by atoms with Crippen LogP contribution in [-0.4, -0.2) is 12.5 Å². The largest absolute Gasteiger partial charge is 0.494 e. The molecule has 0 aliphatic heterocycles. The molecule has 1 aromatic rings. The number of allylic oxidation sites excluding steroid dienone is 1. The number of halogens is 1. The smallest absolute Gasteiger partial charge is 0.119 e. The van der Waals surface area contributed by atoms with E-state index in [0.29, 0.717) is 12.5 Å². The maximum Gasteiger partial charge on any atom is 0.119 e. The standard InChI is InChI=1S/C11H13ClO/c1-2-13-11-7-5-10(6-8-11)4-3-9-12/h3-8H,2,9H2,1H3. The van der Waals surface area contributed by atoms with Crippen molar-refractivity contribution in [1.82, 2.24) is 0 Å². The fourth-order valence-corrected chi connectivity index (χ4v) is 1.11. The van der Waals surface area contributed by atoms with Crippen LogP contribution >= 0.6 is 11.6 Å². The quantitative estimate of drug-likeness (QED) is 0.672. The van der Waals surface area contributed by atoms with Crippen LogP contribution in [0.2, 0.25) is 0 Å². The molecule has 1 rings (SSSR count). The van der Waals surface area contributed by atoms with Gasteiger partial charge in [0.05, 0.1) is 6.61 Å². The van der Waals surface area contributed by atoms with Gasteiger partial charge in [-0.25, -0.2) is 0 Å². The molecule has 0 unspecified atom stereocenters. The van der Waals surface area contributed by atoms with Gasteiger partial charge < -0.3 is 4.74 Å². The zero-order valence-electron chi connectivity index (χ0n) is 7.66. The van der Waals surface area contributed by atoms with Crippen molar-refractivity contribution >= 4 is 17.7 Å². The molecule has 0 spiro atoms. The first kappa shape index (κ1) is 10.1. The molecule has 70 valence electrons. The summed E-state index contributed by atoms with van der Waals surface area (Å²) in [5, 5.41) is 0. The molecule has 1 aromatic carbocycles. The van der Waals surface area contributed by atoms with Crippen molar-refractivity contribution in [3.05, 3.63) is 35.9 Å².